The van der Waals surface area contributed by atoms with E-state index in [1.807, 2.05) is 6.92 Å². The van der Waals surface area contributed by atoms with E-state index in [4.69, 9.17) is 9.47 Å². The zero-order valence-electron chi connectivity index (χ0n) is 25.0. The summed E-state index contributed by atoms with van der Waals surface area (Å²) in [4.78, 5) is 24.9. The minimum absolute atomic E-state index is 0.0392. The lowest BCUT2D eigenvalue weighted by molar-refractivity contribution is -0.304. The molecule has 0 spiro atoms. The molecule has 0 saturated heterocycles. The highest BCUT2D eigenvalue weighted by Gasteiger charge is 2.63. The molecule has 46 heavy (non-hydrogen) atoms. The van der Waals surface area contributed by atoms with Gasteiger partial charge < -0.3 is 14.2 Å². The highest BCUT2D eigenvalue weighted by molar-refractivity contribution is 6.02. The van der Waals surface area contributed by atoms with Crippen molar-refractivity contribution in [2.24, 2.45) is 0 Å². The van der Waals surface area contributed by atoms with E-state index >= 15 is 0 Å². The molecule has 0 fully saturated rings. The van der Waals surface area contributed by atoms with E-state index < -0.39 is 70.5 Å². The Morgan fingerprint density at radius 2 is 1.17 bits per heavy atom. The largest absolute Gasteiger partial charge is 0.487 e. The summed E-state index contributed by atoms with van der Waals surface area (Å²) in [6.45, 7) is 2.66. The number of carbonyl (C=O) groups excluding carboxylic acids is 2. The Hall–Kier alpha value is -4.00. The number of carbonyl (C=O) groups is 2. The first kappa shape index (κ1) is 36.5. The van der Waals surface area contributed by atoms with E-state index in [-0.39, 0.29) is 18.8 Å². The molecule has 3 rings (SSSR count). The molecule has 250 valence electrons. The van der Waals surface area contributed by atoms with Crippen LogP contribution < -0.4 is 9.47 Å². The third kappa shape index (κ3) is 8.42. The standard InChI is InChI=1S/C33H32F8O5/c1-3-5-6-7-8-9-19-44-29-27(36)25(34)24(26(35)28(29)37)31(43)46-23-16-14-21(15-17-23)20-10-12-22(13-11-20)30(42)32(38,33(39,40)41)45-18-4-2/h10-17H,3-9,18-19H2,1-2H3. The highest BCUT2D eigenvalue weighted by atomic mass is 19.4. The molecule has 5 nitrogen and oxygen atoms in total. The summed E-state index contributed by atoms with van der Waals surface area (Å²) in [5, 5.41) is 0. The highest BCUT2D eigenvalue weighted by Crippen LogP contribution is 2.38. The first-order chi connectivity index (χ1) is 21.8. The molecular formula is C33H32F8O5. The molecule has 0 saturated carbocycles. The zero-order valence-corrected chi connectivity index (χ0v) is 25.0. The maximum atomic E-state index is 14.7. The summed E-state index contributed by atoms with van der Waals surface area (Å²) in [6, 6.07) is 9.42. The fourth-order valence-corrected chi connectivity index (χ4v) is 4.37. The number of ether oxygens (including phenoxy) is 3. The van der Waals surface area contributed by atoms with Crippen molar-refractivity contribution >= 4 is 11.8 Å². The molecule has 0 aliphatic heterocycles. The normalized spacial score (nSPS) is 12.9. The second kappa shape index (κ2) is 16.0. The summed E-state index contributed by atoms with van der Waals surface area (Å²) in [5.74, 6) is -17.5. The van der Waals surface area contributed by atoms with Crippen LogP contribution in [-0.4, -0.2) is 37.0 Å². The smallest absolute Gasteiger partial charge is 0.456 e. The molecule has 0 aromatic heterocycles. The molecule has 1 atom stereocenters. The number of ketones is 1. The van der Waals surface area contributed by atoms with Crippen LogP contribution >= 0.6 is 0 Å². The first-order valence-corrected chi connectivity index (χ1v) is 14.6. The second-order valence-electron chi connectivity index (χ2n) is 10.3. The van der Waals surface area contributed by atoms with E-state index in [0.29, 0.717) is 24.0 Å². The Morgan fingerprint density at radius 1 is 0.652 bits per heavy atom. The van der Waals surface area contributed by atoms with Crippen molar-refractivity contribution in [2.45, 2.75) is 70.8 Å². The van der Waals surface area contributed by atoms with Gasteiger partial charge in [0.2, 0.25) is 17.4 Å². The van der Waals surface area contributed by atoms with Crippen LogP contribution in [0.25, 0.3) is 11.1 Å². The zero-order chi connectivity index (χ0) is 34.1. The van der Waals surface area contributed by atoms with Gasteiger partial charge in [0.15, 0.2) is 17.4 Å². The molecule has 0 bridgehead atoms. The number of hydrogen-bond acceptors (Lipinski definition) is 5. The maximum absolute atomic E-state index is 14.7. The van der Waals surface area contributed by atoms with Gasteiger partial charge in [-0.3, -0.25) is 4.79 Å². The third-order valence-corrected chi connectivity index (χ3v) is 6.88. The summed E-state index contributed by atoms with van der Waals surface area (Å²) in [5.41, 5.74) is -1.48. The number of hydrogen-bond donors (Lipinski definition) is 0. The number of esters is 1. The molecule has 0 N–H and O–H groups in total. The lowest BCUT2D eigenvalue weighted by Gasteiger charge is -2.26. The quantitative estimate of drug-likeness (QED) is 0.0383. The van der Waals surface area contributed by atoms with Crippen molar-refractivity contribution < 1.29 is 58.9 Å². The number of rotatable bonds is 16. The van der Waals surface area contributed by atoms with Gasteiger partial charge >= 0.3 is 18.0 Å². The van der Waals surface area contributed by atoms with E-state index in [9.17, 15) is 44.7 Å². The lowest BCUT2D eigenvalue weighted by atomic mass is 9.99. The van der Waals surface area contributed by atoms with Gasteiger partial charge in [0.1, 0.15) is 11.3 Å². The Labute approximate surface area is 260 Å². The Bertz CT molecular complexity index is 1460. The molecule has 0 amide bonds. The van der Waals surface area contributed by atoms with Crippen molar-refractivity contribution in [3.63, 3.8) is 0 Å². The van der Waals surface area contributed by atoms with Crippen molar-refractivity contribution in [2.75, 3.05) is 13.2 Å². The van der Waals surface area contributed by atoms with E-state index in [0.717, 1.165) is 37.8 Å². The summed E-state index contributed by atoms with van der Waals surface area (Å²) < 4.78 is 127. The molecule has 13 heteroatoms. The van der Waals surface area contributed by atoms with Crippen LogP contribution in [-0.2, 0) is 4.74 Å². The van der Waals surface area contributed by atoms with Gasteiger partial charge in [-0.15, -0.1) is 0 Å². The van der Waals surface area contributed by atoms with E-state index in [1.165, 1.54) is 43.3 Å². The Kier molecular flexibility index (Phi) is 12.7. The van der Waals surface area contributed by atoms with Crippen molar-refractivity contribution in [3.8, 4) is 22.6 Å². The number of halogens is 8. The molecular weight excluding hydrogens is 628 g/mol. The molecule has 3 aromatic rings. The Balaban J connectivity index is 1.70. The van der Waals surface area contributed by atoms with Crippen LogP contribution in [0.15, 0.2) is 48.5 Å². The van der Waals surface area contributed by atoms with E-state index in [2.05, 4.69) is 4.74 Å². The van der Waals surface area contributed by atoms with Gasteiger partial charge in [0, 0.05) is 5.56 Å². The van der Waals surface area contributed by atoms with Crippen LogP contribution in [0.1, 0.15) is 79.5 Å². The predicted molar refractivity (Wildman–Crippen MR) is 152 cm³/mol. The molecule has 0 heterocycles. The number of alkyl halides is 4. The fraction of sp³-hybridized carbons (Fsp3) is 0.394. The Morgan fingerprint density at radius 3 is 1.70 bits per heavy atom. The van der Waals surface area contributed by atoms with Gasteiger partial charge in [-0.1, -0.05) is 82.3 Å². The van der Waals surface area contributed by atoms with Gasteiger partial charge in [0.25, 0.3) is 0 Å². The van der Waals surface area contributed by atoms with Crippen molar-refractivity contribution in [1.29, 1.82) is 0 Å². The molecule has 3 aromatic carbocycles. The van der Waals surface area contributed by atoms with Gasteiger partial charge in [-0.25, -0.2) is 13.6 Å². The minimum atomic E-state index is -5.61. The lowest BCUT2D eigenvalue weighted by Crippen LogP contribution is -2.50. The van der Waals surface area contributed by atoms with Crippen LogP contribution in [0.2, 0.25) is 0 Å². The van der Waals surface area contributed by atoms with Gasteiger partial charge in [-0.2, -0.15) is 26.3 Å². The van der Waals surface area contributed by atoms with Crippen molar-refractivity contribution in [1.82, 2.24) is 0 Å². The fourth-order valence-electron chi connectivity index (χ4n) is 4.37. The van der Waals surface area contributed by atoms with E-state index in [1.54, 1.807) is 0 Å². The summed E-state index contributed by atoms with van der Waals surface area (Å²) in [7, 11) is 0. The molecule has 0 aliphatic carbocycles. The SMILES string of the molecule is CCCCCCCCOc1c(F)c(F)c(C(=O)Oc2ccc(-c3ccc(C(=O)C(F)(OCCC)C(F)(F)F)cc3)cc2)c(F)c1F. The topological polar surface area (TPSA) is 61.8 Å². The molecule has 0 aliphatic rings. The minimum Gasteiger partial charge on any atom is -0.487 e. The first-order valence-electron chi connectivity index (χ1n) is 14.6. The summed E-state index contributed by atoms with van der Waals surface area (Å²) in [6.07, 6.45) is -0.570. The average Bonchev–Trinajstić information content (AvgIpc) is 3.03. The van der Waals surface area contributed by atoms with Crippen LogP contribution in [0.3, 0.4) is 0 Å². The molecule has 0 radical (unpaired) electrons. The molecule has 1 unspecified atom stereocenters. The monoisotopic (exact) mass is 660 g/mol. The maximum Gasteiger partial charge on any atom is 0.456 e. The van der Waals surface area contributed by atoms with Crippen molar-refractivity contribution in [3.05, 3.63) is 82.9 Å². The summed E-state index contributed by atoms with van der Waals surface area (Å²) >= 11 is 0. The van der Waals surface area contributed by atoms with Crippen LogP contribution in [0, 0.1) is 23.3 Å². The van der Waals surface area contributed by atoms with Gasteiger partial charge in [-0.05, 0) is 36.1 Å². The van der Waals surface area contributed by atoms with Crippen LogP contribution in [0.5, 0.6) is 11.5 Å². The van der Waals surface area contributed by atoms with Crippen LogP contribution in [0.4, 0.5) is 35.1 Å². The predicted octanol–water partition coefficient (Wildman–Crippen LogP) is 9.71. The third-order valence-electron chi connectivity index (χ3n) is 6.88. The number of Topliss-reactive ketones (excluding diaryl/α,β-unsaturated/α-hetero) is 1. The number of unbranched alkanes of at least 4 members (excludes halogenated alkanes) is 5. The average molecular weight is 661 g/mol. The number of benzene rings is 3. The van der Waals surface area contributed by atoms with Gasteiger partial charge in [0.05, 0.1) is 13.2 Å². The second-order valence-corrected chi connectivity index (χ2v) is 10.3.